The van der Waals surface area contributed by atoms with Gasteiger partial charge in [-0.05, 0) is 24.6 Å². The topological polar surface area (TPSA) is 60.9 Å². The summed E-state index contributed by atoms with van der Waals surface area (Å²) in [5.74, 6) is 0.0517. The first kappa shape index (κ1) is 18.9. The van der Waals surface area contributed by atoms with E-state index in [4.69, 9.17) is 0 Å². The van der Waals surface area contributed by atoms with Gasteiger partial charge in [-0.15, -0.1) is 0 Å². The lowest BCUT2D eigenvalue weighted by molar-refractivity contribution is -0.133. The normalized spacial score (nSPS) is 16.6. The minimum Gasteiger partial charge on any atom is -0.339 e. The molecule has 7 heteroatoms. The van der Waals surface area contributed by atoms with Crippen molar-refractivity contribution in [2.75, 3.05) is 46.0 Å². The zero-order valence-corrected chi connectivity index (χ0v) is 15.6. The van der Waals surface area contributed by atoms with Crippen LogP contribution in [0.15, 0.2) is 24.3 Å². The van der Waals surface area contributed by atoms with E-state index in [1.807, 2.05) is 11.9 Å². The van der Waals surface area contributed by atoms with Crippen molar-refractivity contribution in [2.24, 2.45) is 0 Å². The molecular weight excluding hydrogens is 326 g/mol. The Morgan fingerprint density at radius 2 is 1.62 bits per heavy atom. The van der Waals surface area contributed by atoms with Crippen LogP contribution in [0.3, 0.4) is 0 Å². The number of carbonyl (C=O) groups is 1. The molecule has 24 heavy (non-hydrogen) atoms. The van der Waals surface area contributed by atoms with Crippen LogP contribution in [0.2, 0.25) is 0 Å². The molecule has 134 valence electrons. The molecular formula is C17H27N3O3S. The van der Waals surface area contributed by atoms with Gasteiger partial charge in [-0.1, -0.05) is 31.2 Å². The molecule has 0 unspecified atom stereocenters. The zero-order chi connectivity index (χ0) is 17.7. The average Bonchev–Trinajstić information content (AvgIpc) is 2.54. The largest absolute Gasteiger partial charge is 0.339 e. The van der Waals surface area contributed by atoms with Crippen molar-refractivity contribution in [1.29, 1.82) is 0 Å². The summed E-state index contributed by atoms with van der Waals surface area (Å²) in [6.07, 6.45) is 2.23. The van der Waals surface area contributed by atoms with Crippen LogP contribution >= 0.6 is 0 Å². The molecule has 1 fully saturated rings. The van der Waals surface area contributed by atoms with E-state index >= 15 is 0 Å². The highest BCUT2D eigenvalue weighted by atomic mass is 32.2. The summed E-state index contributed by atoms with van der Waals surface area (Å²) < 4.78 is 24.4. The first-order chi connectivity index (χ1) is 11.3. The number of aryl methyl sites for hydroxylation is 1. The van der Waals surface area contributed by atoms with Gasteiger partial charge in [0.25, 0.3) is 0 Å². The molecule has 0 aliphatic carbocycles. The first-order valence-electron chi connectivity index (χ1n) is 8.29. The van der Waals surface area contributed by atoms with E-state index in [1.54, 1.807) is 4.90 Å². The molecule has 0 atom stereocenters. The molecule has 0 spiro atoms. The minimum absolute atomic E-state index is 0.0517. The van der Waals surface area contributed by atoms with Crippen molar-refractivity contribution in [1.82, 2.24) is 14.1 Å². The molecule has 1 aromatic carbocycles. The van der Waals surface area contributed by atoms with Gasteiger partial charge in [0.1, 0.15) is 0 Å². The molecule has 1 aliphatic rings. The zero-order valence-electron chi connectivity index (χ0n) is 14.7. The Balaban J connectivity index is 1.81. The number of rotatable bonds is 6. The Morgan fingerprint density at radius 3 is 2.12 bits per heavy atom. The first-order valence-corrected chi connectivity index (χ1v) is 10.1. The van der Waals surface area contributed by atoms with Crippen LogP contribution in [0.4, 0.5) is 0 Å². The Hall–Kier alpha value is -1.44. The molecule has 0 N–H and O–H groups in total. The number of piperazine rings is 1. The second kappa shape index (κ2) is 8.09. The van der Waals surface area contributed by atoms with Crippen LogP contribution in [0, 0.1) is 0 Å². The molecule has 1 saturated heterocycles. The third-order valence-electron chi connectivity index (χ3n) is 4.35. The molecule has 0 radical (unpaired) electrons. The Bertz CT molecular complexity index is 650. The van der Waals surface area contributed by atoms with Gasteiger partial charge < -0.3 is 4.90 Å². The minimum atomic E-state index is -3.16. The SMILES string of the molecule is CCc1ccc(CN(C)CC(=O)N2CCN(S(C)(=O)=O)CC2)cc1. The van der Waals surface area contributed by atoms with Crippen LogP contribution in [-0.2, 0) is 27.8 Å². The van der Waals surface area contributed by atoms with E-state index in [1.165, 1.54) is 21.7 Å². The molecule has 0 saturated carbocycles. The summed E-state index contributed by atoms with van der Waals surface area (Å²) in [4.78, 5) is 16.1. The van der Waals surface area contributed by atoms with Crippen LogP contribution in [0.25, 0.3) is 0 Å². The molecule has 6 nitrogen and oxygen atoms in total. The maximum atomic E-state index is 12.4. The second-order valence-electron chi connectivity index (χ2n) is 6.39. The Morgan fingerprint density at radius 1 is 1.08 bits per heavy atom. The van der Waals surface area contributed by atoms with E-state index in [2.05, 4.69) is 31.2 Å². The maximum Gasteiger partial charge on any atom is 0.236 e. The van der Waals surface area contributed by atoms with Crippen LogP contribution in [0.1, 0.15) is 18.1 Å². The maximum absolute atomic E-state index is 12.4. The van der Waals surface area contributed by atoms with Gasteiger partial charge in [0.15, 0.2) is 0 Å². The quantitative estimate of drug-likeness (QED) is 0.758. The molecule has 1 heterocycles. The predicted octanol–water partition coefficient (Wildman–Crippen LogP) is 0.785. The van der Waals surface area contributed by atoms with Crippen molar-refractivity contribution in [3.63, 3.8) is 0 Å². The second-order valence-corrected chi connectivity index (χ2v) is 8.37. The summed E-state index contributed by atoms with van der Waals surface area (Å²) in [6.45, 7) is 4.88. The average molecular weight is 353 g/mol. The summed E-state index contributed by atoms with van der Waals surface area (Å²) >= 11 is 0. The van der Waals surface area contributed by atoms with Gasteiger partial charge in [-0.3, -0.25) is 9.69 Å². The number of benzene rings is 1. The van der Waals surface area contributed by atoms with E-state index in [0.29, 0.717) is 32.7 Å². The standard InChI is InChI=1S/C17H27N3O3S/c1-4-15-5-7-16(8-6-15)13-18(2)14-17(21)19-9-11-20(12-10-19)24(3,22)23/h5-8H,4,9-14H2,1-3H3. The molecule has 1 amide bonds. The molecule has 1 aromatic rings. The van der Waals surface area contributed by atoms with Crippen LogP contribution in [-0.4, -0.2) is 74.5 Å². The van der Waals surface area contributed by atoms with Crippen LogP contribution < -0.4 is 0 Å². The number of amides is 1. The number of hydrogen-bond donors (Lipinski definition) is 0. The Kier molecular flexibility index (Phi) is 6.37. The van der Waals surface area contributed by atoms with Crippen molar-refractivity contribution in [3.8, 4) is 0 Å². The predicted molar refractivity (Wildman–Crippen MR) is 95.2 cm³/mol. The summed E-state index contributed by atoms with van der Waals surface area (Å²) in [7, 11) is -1.23. The monoisotopic (exact) mass is 353 g/mol. The van der Waals surface area contributed by atoms with Crippen molar-refractivity contribution >= 4 is 15.9 Å². The van der Waals surface area contributed by atoms with Gasteiger partial charge >= 0.3 is 0 Å². The number of likely N-dealkylation sites (N-methyl/N-ethyl adjacent to an activating group) is 1. The lowest BCUT2D eigenvalue weighted by Crippen LogP contribution is -2.52. The highest BCUT2D eigenvalue weighted by Gasteiger charge is 2.26. The van der Waals surface area contributed by atoms with Crippen molar-refractivity contribution in [3.05, 3.63) is 35.4 Å². The number of sulfonamides is 1. The lowest BCUT2D eigenvalue weighted by atomic mass is 10.1. The fraction of sp³-hybridized carbons (Fsp3) is 0.588. The van der Waals surface area contributed by atoms with Crippen molar-refractivity contribution < 1.29 is 13.2 Å². The fourth-order valence-corrected chi connectivity index (χ4v) is 3.67. The highest BCUT2D eigenvalue weighted by molar-refractivity contribution is 7.88. The van der Waals surface area contributed by atoms with Gasteiger partial charge in [-0.25, -0.2) is 8.42 Å². The summed E-state index contributed by atoms with van der Waals surface area (Å²) in [6, 6.07) is 8.44. The third-order valence-corrected chi connectivity index (χ3v) is 5.65. The molecule has 2 rings (SSSR count). The molecule has 1 aliphatic heterocycles. The Labute approximate surface area is 145 Å². The van der Waals surface area contributed by atoms with Gasteiger partial charge in [0, 0.05) is 32.7 Å². The third kappa shape index (κ3) is 5.29. The number of hydrogen-bond acceptors (Lipinski definition) is 4. The van der Waals surface area contributed by atoms with Crippen molar-refractivity contribution in [2.45, 2.75) is 19.9 Å². The van der Waals surface area contributed by atoms with E-state index in [-0.39, 0.29) is 5.91 Å². The molecule has 0 bridgehead atoms. The van der Waals surface area contributed by atoms with Gasteiger partial charge in [-0.2, -0.15) is 4.31 Å². The summed E-state index contributed by atoms with van der Waals surface area (Å²) in [5, 5.41) is 0. The number of nitrogens with zero attached hydrogens (tertiary/aromatic N) is 3. The van der Waals surface area contributed by atoms with Crippen LogP contribution in [0.5, 0.6) is 0 Å². The fourth-order valence-electron chi connectivity index (χ4n) is 2.85. The lowest BCUT2D eigenvalue weighted by Gasteiger charge is -2.34. The highest BCUT2D eigenvalue weighted by Crippen LogP contribution is 2.09. The summed E-state index contributed by atoms with van der Waals surface area (Å²) in [5.41, 5.74) is 2.49. The number of carbonyl (C=O) groups excluding carboxylic acids is 1. The van der Waals surface area contributed by atoms with E-state index in [9.17, 15) is 13.2 Å². The van der Waals surface area contributed by atoms with Gasteiger partial charge in [0.2, 0.25) is 15.9 Å². The van der Waals surface area contributed by atoms with Gasteiger partial charge in [0.05, 0.1) is 12.8 Å². The molecule has 0 aromatic heterocycles. The van der Waals surface area contributed by atoms with E-state index in [0.717, 1.165) is 13.0 Å². The van der Waals surface area contributed by atoms with E-state index < -0.39 is 10.0 Å². The smallest absolute Gasteiger partial charge is 0.236 e.